The molecule has 5 nitrogen and oxygen atoms in total. The van der Waals surface area contributed by atoms with Crippen molar-refractivity contribution in [2.24, 2.45) is 0 Å². The van der Waals surface area contributed by atoms with E-state index in [0.717, 1.165) is 5.56 Å². The van der Waals surface area contributed by atoms with E-state index in [4.69, 9.17) is 16.3 Å². The summed E-state index contributed by atoms with van der Waals surface area (Å²) in [6, 6.07) is 14.6. The van der Waals surface area contributed by atoms with Gasteiger partial charge in [0, 0.05) is 12.6 Å². The predicted octanol–water partition coefficient (Wildman–Crippen LogP) is 4.41. The smallest absolute Gasteiger partial charge is 0.335 e. The standard InChI is InChI=1S/C20H20ClNO4/c1-26-14-7-9-16(21)18(11-14)22(12-13-5-3-2-4-6-13)17-10-8-15(19(17)23)20(24)25/h2-7,9,11,17,23H,8,10,12H2,1H3,(H,24,25). The van der Waals surface area contributed by atoms with Crippen LogP contribution in [0.5, 0.6) is 5.75 Å². The van der Waals surface area contributed by atoms with Gasteiger partial charge in [-0.3, -0.25) is 0 Å². The van der Waals surface area contributed by atoms with Gasteiger partial charge in [-0.1, -0.05) is 41.9 Å². The highest BCUT2D eigenvalue weighted by Gasteiger charge is 2.34. The summed E-state index contributed by atoms with van der Waals surface area (Å²) >= 11 is 6.43. The molecular formula is C20H20ClNO4. The normalized spacial score (nSPS) is 16.6. The number of methoxy groups -OCH3 is 1. The average Bonchev–Trinajstić information content (AvgIpc) is 3.03. The molecule has 0 heterocycles. The molecule has 1 unspecified atom stereocenters. The number of halogens is 1. The van der Waals surface area contributed by atoms with Crippen LogP contribution in [-0.2, 0) is 11.3 Å². The first-order chi connectivity index (χ1) is 12.5. The quantitative estimate of drug-likeness (QED) is 0.784. The first kappa shape index (κ1) is 18.1. The zero-order valence-corrected chi connectivity index (χ0v) is 15.1. The van der Waals surface area contributed by atoms with E-state index in [1.54, 1.807) is 25.3 Å². The number of aliphatic hydroxyl groups excluding tert-OH is 1. The summed E-state index contributed by atoms with van der Waals surface area (Å²) < 4.78 is 5.31. The molecule has 0 aliphatic heterocycles. The lowest BCUT2D eigenvalue weighted by molar-refractivity contribution is -0.132. The molecule has 0 aromatic heterocycles. The number of benzene rings is 2. The number of rotatable bonds is 6. The second-order valence-electron chi connectivity index (χ2n) is 6.15. The van der Waals surface area contributed by atoms with Gasteiger partial charge in [-0.05, 0) is 30.5 Å². The lowest BCUT2D eigenvalue weighted by atomic mass is 10.1. The van der Waals surface area contributed by atoms with Gasteiger partial charge < -0.3 is 19.8 Å². The largest absolute Gasteiger partial charge is 0.510 e. The Balaban J connectivity index is 2.04. The van der Waals surface area contributed by atoms with E-state index in [2.05, 4.69) is 0 Å². The van der Waals surface area contributed by atoms with Crippen molar-refractivity contribution in [1.82, 2.24) is 0 Å². The maximum Gasteiger partial charge on any atom is 0.335 e. The van der Waals surface area contributed by atoms with Crippen molar-refractivity contribution < 1.29 is 19.7 Å². The molecule has 0 radical (unpaired) electrons. The number of ether oxygens (including phenoxy) is 1. The first-order valence-electron chi connectivity index (χ1n) is 8.30. The average molecular weight is 374 g/mol. The zero-order chi connectivity index (χ0) is 18.7. The summed E-state index contributed by atoms with van der Waals surface area (Å²) in [6.07, 6.45) is 0.826. The van der Waals surface area contributed by atoms with Crippen molar-refractivity contribution >= 4 is 23.3 Å². The molecule has 0 saturated heterocycles. The predicted molar refractivity (Wildman–Crippen MR) is 101 cm³/mol. The Morgan fingerprint density at radius 3 is 2.62 bits per heavy atom. The van der Waals surface area contributed by atoms with Crippen LogP contribution in [0, 0.1) is 0 Å². The van der Waals surface area contributed by atoms with Crippen LogP contribution in [0.3, 0.4) is 0 Å². The second kappa shape index (κ2) is 7.70. The molecule has 1 aliphatic rings. The molecule has 26 heavy (non-hydrogen) atoms. The number of aliphatic carboxylic acids is 1. The molecule has 2 aromatic carbocycles. The molecule has 0 amide bonds. The number of hydrogen-bond acceptors (Lipinski definition) is 4. The van der Waals surface area contributed by atoms with Crippen molar-refractivity contribution in [2.75, 3.05) is 12.0 Å². The summed E-state index contributed by atoms with van der Waals surface area (Å²) in [6.45, 7) is 0.482. The van der Waals surface area contributed by atoms with Gasteiger partial charge in [-0.2, -0.15) is 0 Å². The summed E-state index contributed by atoms with van der Waals surface area (Å²) in [5.41, 5.74) is 1.79. The van der Waals surface area contributed by atoms with Crippen LogP contribution in [0.2, 0.25) is 5.02 Å². The molecule has 0 bridgehead atoms. The molecule has 3 rings (SSSR count). The minimum atomic E-state index is -1.08. The molecule has 0 spiro atoms. The van der Waals surface area contributed by atoms with E-state index in [1.807, 2.05) is 35.2 Å². The van der Waals surface area contributed by atoms with Crippen LogP contribution in [0.15, 0.2) is 59.9 Å². The molecular weight excluding hydrogens is 354 g/mol. The third kappa shape index (κ3) is 3.63. The number of carbonyl (C=O) groups is 1. The Bertz CT molecular complexity index is 835. The third-order valence-corrected chi connectivity index (χ3v) is 4.91. The Morgan fingerprint density at radius 1 is 1.27 bits per heavy atom. The van der Waals surface area contributed by atoms with Crippen LogP contribution < -0.4 is 9.64 Å². The van der Waals surface area contributed by atoms with Crippen molar-refractivity contribution in [3.63, 3.8) is 0 Å². The maximum atomic E-state index is 11.4. The van der Waals surface area contributed by atoms with E-state index in [-0.39, 0.29) is 11.3 Å². The second-order valence-corrected chi connectivity index (χ2v) is 6.56. The Hall–Kier alpha value is -2.66. The van der Waals surface area contributed by atoms with Gasteiger partial charge in [-0.25, -0.2) is 4.79 Å². The number of nitrogens with zero attached hydrogens (tertiary/aromatic N) is 1. The minimum Gasteiger partial charge on any atom is -0.510 e. The Morgan fingerprint density at radius 2 is 2.00 bits per heavy atom. The third-order valence-electron chi connectivity index (χ3n) is 4.59. The number of anilines is 1. The number of carboxylic acids is 1. The van der Waals surface area contributed by atoms with Gasteiger partial charge >= 0.3 is 5.97 Å². The number of aliphatic hydroxyl groups is 1. The van der Waals surface area contributed by atoms with E-state index < -0.39 is 12.0 Å². The number of carboxylic acid groups (broad SMARTS) is 1. The lowest BCUT2D eigenvalue weighted by Gasteiger charge is -2.32. The Kier molecular flexibility index (Phi) is 5.38. The summed E-state index contributed by atoms with van der Waals surface area (Å²) in [5.74, 6) is -0.545. The molecule has 2 N–H and O–H groups in total. The molecule has 2 aromatic rings. The SMILES string of the molecule is COc1ccc(Cl)c(N(Cc2ccccc2)C2CCC(C(=O)O)=C2O)c1. The fraction of sp³-hybridized carbons (Fsp3) is 0.250. The fourth-order valence-electron chi connectivity index (χ4n) is 3.25. The summed E-state index contributed by atoms with van der Waals surface area (Å²) in [5, 5.41) is 20.3. The maximum absolute atomic E-state index is 11.4. The molecule has 0 saturated carbocycles. The van der Waals surface area contributed by atoms with Crippen molar-refractivity contribution in [3.05, 3.63) is 70.4 Å². The van der Waals surface area contributed by atoms with Gasteiger partial charge in [-0.15, -0.1) is 0 Å². The molecule has 1 aliphatic carbocycles. The topological polar surface area (TPSA) is 70.0 Å². The monoisotopic (exact) mass is 373 g/mol. The van der Waals surface area contributed by atoms with E-state index >= 15 is 0 Å². The molecule has 136 valence electrons. The Labute approximate surface area is 157 Å². The summed E-state index contributed by atoms with van der Waals surface area (Å²) in [7, 11) is 1.57. The van der Waals surface area contributed by atoms with Crippen LogP contribution in [0.1, 0.15) is 18.4 Å². The molecule has 6 heteroatoms. The van der Waals surface area contributed by atoms with Gasteiger partial charge in [0.05, 0.1) is 29.4 Å². The van der Waals surface area contributed by atoms with Crippen molar-refractivity contribution in [1.29, 1.82) is 0 Å². The van der Waals surface area contributed by atoms with Crippen LogP contribution in [0.4, 0.5) is 5.69 Å². The fourth-order valence-corrected chi connectivity index (χ4v) is 3.48. The van der Waals surface area contributed by atoms with Gasteiger partial charge in [0.25, 0.3) is 0 Å². The van der Waals surface area contributed by atoms with E-state index in [9.17, 15) is 15.0 Å². The molecule has 0 fully saturated rings. The van der Waals surface area contributed by atoms with Gasteiger partial charge in [0.15, 0.2) is 0 Å². The van der Waals surface area contributed by atoms with Crippen LogP contribution >= 0.6 is 11.6 Å². The highest BCUT2D eigenvalue weighted by atomic mass is 35.5. The zero-order valence-electron chi connectivity index (χ0n) is 14.4. The summed E-state index contributed by atoms with van der Waals surface area (Å²) in [4.78, 5) is 13.3. The van der Waals surface area contributed by atoms with E-state index in [1.165, 1.54) is 0 Å². The van der Waals surface area contributed by atoms with Crippen molar-refractivity contribution in [3.8, 4) is 5.75 Å². The van der Waals surface area contributed by atoms with Crippen LogP contribution in [-0.4, -0.2) is 29.3 Å². The van der Waals surface area contributed by atoms with Crippen LogP contribution in [0.25, 0.3) is 0 Å². The van der Waals surface area contributed by atoms with Gasteiger partial charge in [0.2, 0.25) is 0 Å². The van der Waals surface area contributed by atoms with Crippen molar-refractivity contribution in [2.45, 2.75) is 25.4 Å². The van der Waals surface area contributed by atoms with Gasteiger partial charge in [0.1, 0.15) is 11.5 Å². The minimum absolute atomic E-state index is 0.0621. The first-order valence-corrected chi connectivity index (χ1v) is 8.68. The lowest BCUT2D eigenvalue weighted by Crippen LogP contribution is -2.35. The van der Waals surface area contributed by atoms with E-state index in [0.29, 0.717) is 35.8 Å². The highest BCUT2D eigenvalue weighted by Crippen LogP contribution is 2.38. The number of hydrogen-bond donors (Lipinski definition) is 2. The highest BCUT2D eigenvalue weighted by molar-refractivity contribution is 6.33. The molecule has 1 atom stereocenters.